The number of hydrogen-bond donors (Lipinski definition) is 0. The van der Waals surface area contributed by atoms with Crippen molar-refractivity contribution in [2.75, 3.05) is 36.1 Å². The van der Waals surface area contributed by atoms with E-state index >= 15 is 0 Å². The van der Waals surface area contributed by atoms with Gasteiger partial charge in [-0.25, -0.2) is 4.39 Å². The van der Waals surface area contributed by atoms with Crippen LogP contribution in [-0.4, -0.2) is 47.0 Å². The van der Waals surface area contributed by atoms with E-state index in [0.717, 1.165) is 12.6 Å². The topological polar surface area (TPSA) is 3.24 Å². The maximum absolute atomic E-state index is 13.0. The maximum atomic E-state index is 13.0. The Morgan fingerprint density at radius 1 is 1.05 bits per heavy atom. The first-order valence-electron chi connectivity index (χ1n) is 6.98. The van der Waals surface area contributed by atoms with Crippen LogP contribution in [0.1, 0.15) is 17.9 Å². The largest absolute Gasteiger partial charge is 0.298 e. The molecule has 2 aliphatic rings. The molecule has 0 aromatic heterocycles. The molecular weight excluding hydrogens is 277 g/mol. The predicted molar refractivity (Wildman–Crippen MR) is 83.8 cm³/mol. The molecule has 3 rings (SSSR count). The fourth-order valence-electron chi connectivity index (χ4n) is 2.94. The molecule has 1 unspecified atom stereocenters. The van der Waals surface area contributed by atoms with Crippen molar-refractivity contribution in [1.29, 1.82) is 0 Å². The highest BCUT2D eigenvalue weighted by Crippen LogP contribution is 2.31. The summed E-state index contributed by atoms with van der Waals surface area (Å²) in [5, 5.41) is 0. The Kier molecular flexibility index (Phi) is 4.72. The fraction of sp³-hybridized carbons (Fsp3) is 0.600. The number of benzene rings is 1. The minimum Gasteiger partial charge on any atom is -0.298 e. The van der Waals surface area contributed by atoms with Crippen LogP contribution in [-0.2, 0) is 0 Å². The smallest absolute Gasteiger partial charge is 0.123 e. The molecule has 1 aromatic carbocycles. The van der Waals surface area contributed by atoms with E-state index in [1.165, 1.54) is 41.5 Å². The van der Waals surface area contributed by atoms with Gasteiger partial charge in [-0.05, 0) is 36.6 Å². The zero-order valence-corrected chi connectivity index (χ0v) is 12.7. The molecule has 104 valence electrons. The lowest BCUT2D eigenvalue weighted by Crippen LogP contribution is -2.36. The van der Waals surface area contributed by atoms with Gasteiger partial charge in [-0.2, -0.15) is 23.5 Å². The van der Waals surface area contributed by atoms with Crippen LogP contribution in [0.2, 0.25) is 0 Å². The summed E-state index contributed by atoms with van der Waals surface area (Å²) in [4.78, 5) is 2.65. The van der Waals surface area contributed by atoms with E-state index < -0.39 is 0 Å². The van der Waals surface area contributed by atoms with Crippen LogP contribution in [0.15, 0.2) is 24.3 Å². The number of thioether (sulfide) groups is 2. The average molecular weight is 297 g/mol. The van der Waals surface area contributed by atoms with Crippen molar-refractivity contribution >= 4 is 23.5 Å². The lowest BCUT2D eigenvalue weighted by molar-refractivity contribution is 0.280. The molecule has 1 aromatic rings. The van der Waals surface area contributed by atoms with E-state index in [1.54, 1.807) is 12.1 Å². The SMILES string of the molecule is Fc1ccc(C2CCN(C3CSCCSC3)C2)cc1. The molecule has 0 N–H and O–H groups in total. The maximum Gasteiger partial charge on any atom is 0.123 e. The quantitative estimate of drug-likeness (QED) is 0.823. The molecule has 4 heteroatoms. The van der Waals surface area contributed by atoms with Gasteiger partial charge in [-0.1, -0.05) is 12.1 Å². The standard InChI is InChI=1S/C15H20FNS2/c16-14-3-1-12(2-4-14)13-5-6-17(9-13)15-10-18-7-8-19-11-15/h1-4,13,15H,5-11H2. The molecule has 0 amide bonds. The van der Waals surface area contributed by atoms with Gasteiger partial charge in [0.1, 0.15) is 5.82 Å². The Bertz CT molecular complexity index is 401. The summed E-state index contributed by atoms with van der Waals surface area (Å²) in [5.74, 6) is 5.63. The third-order valence-corrected chi connectivity index (χ3v) is 6.55. The second-order valence-corrected chi connectivity index (χ2v) is 7.64. The minimum absolute atomic E-state index is 0.129. The summed E-state index contributed by atoms with van der Waals surface area (Å²) >= 11 is 4.20. The van der Waals surface area contributed by atoms with Gasteiger partial charge in [-0.3, -0.25) is 4.90 Å². The van der Waals surface area contributed by atoms with Crippen LogP contribution in [0.5, 0.6) is 0 Å². The van der Waals surface area contributed by atoms with Crippen LogP contribution < -0.4 is 0 Å². The molecule has 2 heterocycles. The zero-order chi connectivity index (χ0) is 13.1. The van der Waals surface area contributed by atoms with E-state index in [-0.39, 0.29) is 5.82 Å². The third kappa shape index (κ3) is 3.47. The molecule has 1 atom stereocenters. The molecule has 2 aliphatic heterocycles. The monoisotopic (exact) mass is 297 g/mol. The van der Waals surface area contributed by atoms with Crippen molar-refractivity contribution in [3.05, 3.63) is 35.6 Å². The Morgan fingerprint density at radius 2 is 1.74 bits per heavy atom. The molecule has 2 saturated heterocycles. The summed E-state index contributed by atoms with van der Waals surface area (Å²) in [7, 11) is 0. The van der Waals surface area contributed by atoms with Crippen molar-refractivity contribution in [2.45, 2.75) is 18.4 Å². The number of halogens is 1. The second kappa shape index (κ2) is 6.51. The Morgan fingerprint density at radius 3 is 2.42 bits per heavy atom. The average Bonchev–Trinajstić information content (AvgIpc) is 2.76. The van der Waals surface area contributed by atoms with Crippen molar-refractivity contribution in [1.82, 2.24) is 4.90 Å². The third-order valence-electron chi connectivity index (χ3n) is 4.07. The lowest BCUT2D eigenvalue weighted by Gasteiger charge is -2.26. The molecule has 0 spiro atoms. The Labute approximate surface area is 123 Å². The predicted octanol–water partition coefficient (Wildman–Crippen LogP) is 3.46. The van der Waals surface area contributed by atoms with Gasteiger partial charge in [0.15, 0.2) is 0 Å². The highest BCUT2D eigenvalue weighted by Gasteiger charge is 2.29. The first-order chi connectivity index (χ1) is 9.33. The number of nitrogens with zero attached hydrogens (tertiary/aromatic N) is 1. The molecule has 0 bridgehead atoms. The summed E-state index contributed by atoms with van der Waals surface area (Å²) in [6, 6.07) is 7.84. The highest BCUT2D eigenvalue weighted by molar-refractivity contribution is 8.03. The summed E-state index contributed by atoms with van der Waals surface area (Å²) in [5.41, 5.74) is 1.30. The van der Waals surface area contributed by atoms with Crippen LogP contribution in [0, 0.1) is 5.82 Å². The van der Waals surface area contributed by atoms with E-state index in [4.69, 9.17) is 0 Å². The molecule has 0 radical (unpaired) electrons. The van der Waals surface area contributed by atoms with Gasteiger partial charge in [0.2, 0.25) is 0 Å². The first kappa shape index (κ1) is 13.8. The van der Waals surface area contributed by atoms with Gasteiger partial charge in [0.05, 0.1) is 0 Å². The van der Waals surface area contributed by atoms with E-state index in [1.807, 2.05) is 12.1 Å². The second-order valence-electron chi connectivity index (χ2n) is 5.34. The van der Waals surface area contributed by atoms with Crippen molar-refractivity contribution in [3.63, 3.8) is 0 Å². The van der Waals surface area contributed by atoms with Crippen molar-refractivity contribution in [3.8, 4) is 0 Å². The molecule has 1 nitrogen and oxygen atoms in total. The molecule has 19 heavy (non-hydrogen) atoms. The van der Waals surface area contributed by atoms with Gasteiger partial charge in [-0.15, -0.1) is 0 Å². The Hall–Kier alpha value is -0.190. The van der Waals surface area contributed by atoms with Gasteiger partial charge in [0, 0.05) is 35.6 Å². The van der Waals surface area contributed by atoms with E-state index in [2.05, 4.69) is 28.4 Å². The summed E-state index contributed by atoms with van der Waals surface area (Å²) in [6.45, 7) is 2.35. The van der Waals surface area contributed by atoms with E-state index in [9.17, 15) is 4.39 Å². The number of likely N-dealkylation sites (tertiary alicyclic amines) is 1. The van der Waals surface area contributed by atoms with Gasteiger partial charge < -0.3 is 0 Å². The van der Waals surface area contributed by atoms with Crippen molar-refractivity contribution in [2.24, 2.45) is 0 Å². The molecule has 0 aliphatic carbocycles. The van der Waals surface area contributed by atoms with Crippen LogP contribution in [0.3, 0.4) is 0 Å². The number of rotatable bonds is 2. The highest BCUT2D eigenvalue weighted by atomic mass is 32.2. The van der Waals surface area contributed by atoms with Crippen LogP contribution in [0.4, 0.5) is 4.39 Å². The van der Waals surface area contributed by atoms with Crippen LogP contribution in [0.25, 0.3) is 0 Å². The van der Waals surface area contributed by atoms with Gasteiger partial charge in [0.25, 0.3) is 0 Å². The Balaban J connectivity index is 1.61. The minimum atomic E-state index is -0.129. The first-order valence-corrected chi connectivity index (χ1v) is 9.29. The van der Waals surface area contributed by atoms with Crippen molar-refractivity contribution < 1.29 is 4.39 Å². The van der Waals surface area contributed by atoms with Crippen LogP contribution >= 0.6 is 23.5 Å². The summed E-state index contributed by atoms with van der Waals surface area (Å²) < 4.78 is 13.0. The summed E-state index contributed by atoms with van der Waals surface area (Å²) in [6.07, 6.45) is 1.22. The molecular formula is C15H20FNS2. The lowest BCUT2D eigenvalue weighted by atomic mass is 9.98. The fourth-order valence-corrected chi connectivity index (χ4v) is 5.57. The molecule has 0 saturated carbocycles. The number of hydrogen-bond acceptors (Lipinski definition) is 3. The zero-order valence-electron chi connectivity index (χ0n) is 11.1. The van der Waals surface area contributed by atoms with Gasteiger partial charge >= 0.3 is 0 Å². The normalized spacial score (nSPS) is 26.5. The van der Waals surface area contributed by atoms with E-state index in [0.29, 0.717) is 5.92 Å². The molecule has 2 fully saturated rings.